The summed E-state index contributed by atoms with van der Waals surface area (Å²) >= 11 is 22.7. The van der Waals surface area contributed by atoms with Crippen LogP contribution in [-0.4, -0.2) is 0 Å². The summed E-state index contributed by atoms with van der Waals surface area (Å²) in [6, 6.07) is 0. The largest absolute Gasteiger partial charge is 0.0927 e. The van der Waals surface area contributed by atoms with Gasteiger partial charge in [0, 0.05) is 28.4 Å². The summed E-state index contributed by atoms with van der Waals surface area (Å²) in [6.45, 7) is -1.48. The van der Waals surface area contributed by atoms with Crippen LogP contribution in [0, 0.1) is 11.3 Å². The standard InChI is InChI=1S/2C5H8Cl2P.Fe/c2*6-8(7)5-3-1-2-4-5;/h2*1-4H2;. The fourth-order valence-electron chi connectivity index (χ4n) is 1.90. The van der Waals surface area contributed by atoms with Crippen LogP contribution in [-0.2, 0) is 17.1 Å². The smallest absolute Gasteiger partial charge is 0.0775 e. The summed E-state index contributed by atoms with van der Waals surface area (Å²) in [5, 5.41) is 0. The van der Waals surface area contributed by atoms with Crippen LogP contribution < -0.4 is 0 Å². The number of halogens is 4. The number of hydrogen-bond acceptors (Lipinski definition) is 0. The van der Waals surface area contributed by atoms with E-state index in [1.54, 1.807) is 0 Å². The van der Waals surface area contributed by atoms with Gasteiger partial charge in [-0.2, -0.15) is 0 Å². The quantitative estimate of drug-likeness (QED) is 0.331. The molecule has 0 nitrogen and oxygen atoms in total. The van der Waals surface area contributed by atoms with Crippen LogP contribution in [0.1, 0.15) is 51.4 Å². The fraction of sp³-hybridized carbons (Fsp3) is 0.800. The van der Waals surface area contributed by atoms with E-state index in [0.29, 0.717) is 0 Å². The second-order valence-electron chi connectivity index (χ2n) is 4.01. The van der Waals surface area contributed by atoms with Gasteiger partial charge in [0.1, 0.15) is 0 Å². The molecule has 0 aromatic heterocycles. The van der Waals surface area contributed by atoms with E-state index >= 15 is 0 Å². The van der Waals surface area contributed by atoms with E-state index < -0.39 is 13.3 Å². The first-order valence-corrected chi connectivity index (χ1v) is 11.8. The Morgan fingerprint density at radius 2 is 0.824 bits per heavy atom. The minimum absolute atomic E-state index is 0. The Labute approximate surface area is 137 Å². The maximum atomic E-state index is 5.68. The molecule has 0 atom stereocenters. The van der Waals surface area contributed by atoms with Crippen LogP contribution in [0.5, 0.6) is 0 Å². The molecule has 0 unspecified atom stereocenters. The van der Waals surface area contributed by atoms with Gasteiger partial charge in [0.15, 0.2) is 0 Å². The van der Waals surface area contributed by atoms with E-state index in [-0.39, 0.29) is 17.1 Å². The maximum Gasteiger partial charge on any atom is 0.0927 e. The summed E-state index contributed by atoms with van der Waals surface area (Å²) < 4.78 is 0. The summed E-state index contributed by atoms with van der Waals surface area (Å²) in [5.41, 5.74) is 2.78. The zero-order valence-electron chi connectivity index (χ0n) is 9.42. The van der Waals surface area contributed by atoms with Crippen molar-refractivity contribution in [2.45, 2.75) is 51.4 Å². The van der Waals surface area contributed by atoms with Crippen molar-refractivity contribution in [1.82, 2.24) is 0 Å². The molecule has 0 bridgehead atoms. The van der Waals surface area contributed by atoms with Gasteiger partial charge in [-0.1, -0.05) is 70.6 Å². The predicted molar refractivity (Wildman–Crippen MR) is 80.7 cm³/mol. The molecule has 0 saturated heterocycles. The van der Waals surface area contributed by atoms with Gasteiger partial charge in [0.05, 0.1) is 13.3 Å². The third-order valence-corrected chi connectivity index (χ3v) is 7.56. The van der Waals surface area contributed by atoms with Crippen LogP contribution in [0.25, 0.3) is 0 Å². The molecule has 7 heteroatoms. The first kappa shape index (κ1) is 19.5. The normalized spacial score (nSPS) is 21.5. The SMILES string of the molecule is ClP(Cl)[C]1CCCC1.ClP(Cl)[C]1CCCC1.[Fe]. The molecule has 2 saturated carbocycles. The molecule has 0 amide bonds. The Hall–Kier alpha value is 2.54. The van der Waals surface area contributed by atoms with E-state index in [1.807, 2.05) is 0 Å². The molecule has 2 fully saturated rings. The molecule has 0 N–H and O–H groups in total. The van der Waals surface area contributed by atoms with Crippen molar-refractivity contribution in [2.75, 3.05) is 0 Å². The minimum atomic E-state index is -0.740. The molecular formula is C10H16Cl4FeP2. The van der Waals surface area contributed by atoms with Gasteiger partial charge in [-0.05, 0) is 25.7 Å². The van der Waals surface area contributed by atoms with Gasteiger partial charge >= 0.3 is 0 Å². The number of hydrogen-bond donors (Lipinski definition) is 0. The number of rotatable bonds is 2. The second-order valence-corrected chi connectivity index (χ2v) is 11.3. The molecule has 0 spiro atoms. The second kappa shape index (κ2) is 11.2. The third kappa shape index (κ3) is 8.42. The molecule has 17 heavy (non-hydrogen) atoms. The Bertz CT molecular complexity index is 163. The molecule has 2 aliphatic carbocycles. The van der Waals surface area contributed by atoms with Crippen LogP contribution in [0.2, 0.25) is 0 Å². The van der Waals surface area contributed by atoms with E-state index in [2.05, 4.69) is 0 Å². The van der Waals surface area contributed by atoms with Crippen LogP contribution in [0.3, 0.4) is 0 Å². The van der Waals surface area contributed by atoms with Crippen molar-refractivity contribution in [2.24, 2.45) is 0 Å². The average Bonchev–Trinajstić information content (AvgIpc) is 2.93. The zero-order valence-corrected chi connectivity index (χ0v) is 15.3. The molecule has 0 heterocycles. The molecule has 2 rings (SSSR count). The fourth-order valence-corrected chi connectivity index (χ4v) is 5.24. The molecule has 0 aliphatic heterocycles. The topological polar surface area (TPSA) is 0 Å². The summed E-state index contributed by atoms with van der Waals surface area (Å²) in [7, 11) is 0. The van der Waals surface area contributed by atoms with E-state index in [9.17, 15) is 0 Å². The Morgan fingerprint density at radius 1 is 0.588 bits per heavy atom. The monoisotopic (exact) mass is 394 g/mol. The molecular weight excluding hydrogens is 380 g/mol. The molecule has 2 aliphatic rings. The van der Waals surface area contributed by atoms with Crippen molar-refractivity contribution in [1.29, 1.82) is 0 Å². The van der Waals surface area contributed by atoms with Crippen molar-refractivity contribution in [3.05, 3.63) is 11.3 Å². The Morgan fingerprint density at radius 3 is 0.941 bits per heavy atom. The molecule has 2 radical (unpaired) electrons. The molecule has 0 aromatic carbocycles. The average molecular weight is 396 g/mol. The third-order valence-electron chi connectivity index (χ3n) is 2.84. The minimum Gasteiger partial charge on any atom is -0.0775 e. The van der Waals surface area contributed by atoms with Gasteiger partial charge in [-0.3, -0.25) is 0 Å². The first-order chi connectivity index (χ1) is 7.61. The van der Waals surface area contributed by atoms with Gasteiger partial charge < -0.3 is 0 Å². The van der Waals surface area contributed by atoms with Gasteiger partial charge in [0.25, 0.3) is 0 Å². The van der Waals surface area contributed by atoms with Gasteiger partial charge in [-0.25, -0.2) is 0 Å². The molecule has 102 valence electrons. The summed E-state index contributed by atoms with van der Waals surface area (Å²) in [6.07, 6.45) is 9.91. The van der Waals surface area contributed by atoms with Crippen molar-refractivity contribution >= 4 is 58.2 Å². The van der Waals surface area contributed by atoms with E-state index in [1.165, 1.54) is 62.7 Å². The van der Waals surface area contributed by atoms with Gasteiger partial charge in [-0.15, -0.1) is 0 Å². The van der Waals surface area contributed by atoms with Crippen LogP contribution >= 0.6 is 58.2 Å². The van der Waals surface area contributed by atoms with Crippen molar-refractivity contribution in [3.8, 4) is 0 Å². The van der Waals surface area contributed by atoms with E-state index in [0.717, 1.165) is 0 Å². The maximum absolute atomic E-state index is 5.68. The summed E-state index contributed by atoms with van der Waals surface area (Å²) in [5.74, 6) is 0. The van der Waals surface area contributed by atoms with E-state index in [4.69, 9.17) is 45.0 Å². The van der Waals surface area contributed by atoms with Crippen molar-refractivity contribution < 1.29 is 17.1 Å². The zero-order chi connectivity index (χ0) is 12.0. The first-order valence-electron chi connectivity index (χ1n) is 5.54. The van der Waals surface area contributed by atoms with Gasteiger partial charge in [0.2, 0.25) is 0 Å². The van der Waals surface area contributed by atoms with Crippen LogP contribution in [0.15, 0.2) is 0 Å². The Kier molecular flexibility index (Phi) is 12.9. The Balaban J connectivity index is 0.000000284. The van der Waals surface area contributed by atoms with Crippen molar-refractivity contribution in [3.63, 3.8) is 0 Å². The summed E-state index contributed by atoms with van der Waals surface area (Å²) in [4.78, 5) is 0. The predicted octanol–water partition coefficient (Wildman–Crippen LogP) is 7.76. The van der Waals surface area contributed by atoms with Crippen LogP contribution in [0.4, 0.5) is 0 Å². The molecule has 0 aromatic rings.